The van der Waals surface area contributed by atoms with Crippen LogP contribution in [0.3, 0.4) is 0 Å². The van der Waals surface area contributed by atoms with Crippen molar-refractivity contribution in [1.82, 2.24) is 0 Å². The SMILES string of the molecule is CCCCC(=O)C(F)C(=O)c1cccc(OC)c1. The van der Waals surface area contributed by atoms with Crippen LogP contribution in [0.2, 0.25) is 0 Å². The van der Waals surface area contributed by atoms with Gasteiger partial charge >= 0.3 is 0 Å². The number of ether oxygens (including phenoxy) is 1. The zero-order chi connectivity index (χ0) is 13.5. The van der Waals surface area contributed by atoms with E-state index in [4.69, 9.17) is 4.74 Å². The smallest absolute Gasteiger partial charge is 0.220 e. The van der Waals surface area contributed by atoms with E-state index in [9.17, 15) is 14.0 Å². The number of methoxy groups -OCH3 is 1. The van der Waals surface area contributed by atoms with Gasteiger partial charge < -0.3 is 4.74 Å². The highest BCUT2D eigenvalue weighted by molar-refractivity contribution is 6.13. The molecule has 0 aliphatic rings. The number of hydrogen-bond donors (Lipinski definition) is 0. The topological polar surface area (TPSA) is 43.4 Å². The van der Waals surface area contributed by atoms with Crippen molar-refractivity contribution in [2.24, 2.45) is 0 Å². The number of hydrogen-bond acceptors (Lipinski definition) is 3. The molecular formula is C14H17FO3. The van der Waals surface area contributed by atoms with Crippen LogP contribution in [0.5, 0.6) is 5.75 Å². The van der Waals surface area contributed by atoms with E-state index < -0.39 is 17.7 Å². The van der Waals surface area contributed by atoms with Gasteiger partial charge in [-0.2, -0.15) is 0 Å². The van der Waals surface area contributed by atoms with Crippen LogP contribution in [0, 0.1) is 0 Å². The fourth-order valence-electron chi connectivity index (χ4n) is 1.55. The van der Waals surface area contributed by atoms with Crippen LogP contribution in [0.1, 0.15) is 36.5 Å². The molecule has 1 aromatic rings. The van der Waals surface area contributed by atoms with Gasteiger partial charge in [0, 0.05) is 12.0 Å². The number of unbranched alkanes of at least 4 members (excludes halogenated alkanes) is 1. The summed E-state index contributed by atoms with van der Waals surface area (Å²) in [6.45, 7) is 1.91. The third-order valence-electron chi connectivity index (χ3n) is 2.64. The van der Waals surface area contributed by atoms with Gasteiger partial charge in [-0.25, -0.2) is 4.39 Å². The maximum absolute atomic E-state index is 13.7. The third-order valence-corrected chi connectivity index (χ3v) is 2.64. The number of rotatable bonds is 7. The van der Waals surface area contributed by atoms with Gasteiger partial charge in [0.05, 0.1) is 7.11 Å². The standard InChI is InChI=1S/C14H17FO3/c1-3-4-8-12(16)13(15)14(17)10-6-5-7-11(9-10)18-2/h5-7,9,13H,3-4,8H2,1-2H3. The minimum atomic E-state index is -2.07. The Bertz CT molecular complexity index is 429. The average Bonchev–Trinajstić information content (AvgIpc) is 2.43. The summed E-state index contributed by atoms with van der Waals surface area (Å²) >= 11 is 0. The molecule has 0 heterocycles. The molecule has 1 aromatic carbocycles. The monoisotopic (exact) mass is 252 g/mol. The Morgan fingerprint density at radius 2 is 2.11 bits per heavy atom. The zero-order valence-electron chi connectivity index (χ0n) is 10.6. The Labute approximate surface area is 106 Å². The first-order chi connectivity index (χ1) is 8.60. The van der Waals surface area contributed by atoms with Crippen molar-refractivity contribution in [3.8, 4) is 5.75 Å². The maximum atomic E-state index is 13.7. The quantitative estimate of drug-likeness (QED) is 0.553. The van der Waals surface area contributed by atoms with Gasteiger partial charge in [0.1, 0.15) is 5.75 Å². The van der Waals surface area contributed by atoms with Crippen molar-refractivity contribution in [1.29, 1.82) is 0 Å². The van der Waals surface area contributed by atoms with Crippen LogP contribution < -0.4 is 4.74 Å². The third kappa shape index (κ3) is 3.65. The van der Waals surface area contributed by atoms with Crippen molar-refractivity contribution >= 4 is 11.6 Å². The van der Waals surface area contributed by atoms with Crippen LogP contribution in [-0.2, 0) is 4.79 Å². The molecule has 4 heteroatoms. The Morgan fingerprint density at radius 3 is 2.72 bits per heavy atom. The lowest BCUT2D eigenvalue weighted by atomic mass is 10.0. The minimum Gasteiger partial charge on any atom is -0.497 e. The molecule has 0 amide bonds. The van der Waals surface area contributed by atoms with Crippen LogP contribution >= 0.6 is 0 Å². The summed E-state index contributed by atoms with van der Waals surface area (Å²) in [5, 5.41) is 0. The molecule has 0 aliphatic heterocycles. The summed E-state index contributed by atoms with van der Waals surface area (Å²) in [5.74, 6) is -0.978. The Kier molecular flexibility index (Phi) is 5.49. The molecule has 0 bridgehead atoms. The minimum absolute atomic E-state index is 0.105. The van der Waals surface area contributed by atoms with Gasteiger partial charge in [0.2, 0.25) is 12.0 Å². The predicted octanol–water partition coefficient (Wildman–Crippen LogP) is 2.98. The number of ketones is 2. The lowest BCUT2D eigenvalue weighted by Crippen LogP contribution is -2.25. The summed E-state index contributed by atoms with van der Waals surface area (Å²) in [6.07, 6.45) is -0.562. The van der Waals surface area contributed by atoms with Crippen molar-refractivity contribution in [3.63, 3.8) is 0 Å². The molecule has 1 unspecified atom stereocenters. The first-order valence-electron chi connectivity index (χ1n) is 5.95. The first-order valence-corrected chi connectivity index (χ1v) is 5.95. The summed E-state index contributed by atoms with van der Waals surface area (Å²) in [4.78, 5) is 23.2. The van der Waals surface area contributed by atoms with E-state index in [0.717, 1.165) is 6.42 Å². The second-order valence-electron chi connectivity index (χ2n) is 4.03. The van der Waals surface area contributed by atoms with Gasteiger partial charge in [0.15, 0.2) is 5.78 Å². The van der Waals surface area contributed by atoms with E-state index in [1.807, 2.05) is 6.92 Å². The fraction of sp³-hybridized carbons (Fsp3) is 0.429. The molecule has 0 saturated heterocycles. The Morgan fingerprint density at radius 1 is 1.39 bits per heavy atom. The van der Waals surface area contributed by atoms with E-state index in [-0.39, 0.29) is 12.0 Å². The first kappa shape index (κ1) is 14.4. The van der Waals surface area contributed by atoms with Crippen molar-refractivity contribution in [3.05, 3.63) is 29.8 Å². The van der Waals surface area contributed by atoms with Crippen LogP contribution in [-0.4, -0.2) is 24.8 Å². The summed E-state index contributed by atoms with van der Waals surface area (Å²) < 4.78 is 18.6. The van der Waals surface area contributed by atoms with Crippen LogP contribution in [0.25, 0.3) is 0 Å². The average molecular weight is 252 g/mol. The number of Topliss-reactive ketones (excluding diaryl/α,β-unsaturated/α-hetero) is 2. The molecular weight excluding hydrogens is 235 g/mol. The molecule has 0 radical (unpaired) electrons. The second kappa shape index (κ2) is 6.89. The summed E-state index contributed by atoms with van der Waals surface area (Å²) in [6, 6.07) is 6.16. The van der Waals surface area contributed by atoms with Gasteiger partial charge in [-0.3, -0.25) is 9.59 Å². The van der Waals surface area contributed by atoms with Crippen molar-refractivity contribution in [2.75, 3.05) is 7.11 Å². The van der Waals surface area contributed by atoms with Crippen molar-refractivity contribution < 1.29 is 18.7 Å². The largest absolute Gasteiger partial charge is 0.497 e. The number of carbonyl (C=O) groups excluding carboxylic acids is 2. The van der Waals surface area contributed by atoms with Gasteiger partial charge in [-0.15, -0.1) is 0 Å². The van der Waals surface area contributed by atoms with Crippen LogP contribution in [0.4, 0.5) is 4.39 Å². The zero-order valence-corrected chi connectivity index (χ0v) is 10.6. The maximum Gasteiger partial charge on any atom is 0.220 e. The fourth-order valence-corrected chi connectivity index (χ4v) is 1.55. The highest BCUT2D eigenvalue weighted by atomic mass is 19.1. The molecule has 0 saturated carbocycles. The lowest BCUT2D eigenvalue weighted by molar-refractivity contribution is -0.122. The molecule has 3 nitrogen and oxygen atoms in total. The molecule has 1 atom stereocenters. The highest BCUT2D eigenvalue weighted by Gasteiger charge is 2.26. The molecule has 18 heavy (non-hydrogen) atoms. The van der Waals surface area contributed by atoms with Crippen LogP contribution in [0.15, 0.2) is 24.3 Å². The highest BCUT2D eigenvalue weighted by Crippen LogP contribution is 2.16. The number of alkyl halides is 1. The van der Waals surface area contributed by atoms with Gasteiger partial charge in [0.25, 0.3) is 0 Å². The van der Waals surface area contributed by atoms with Gasteiger partial charge in [-0.05, 0) is 18.6 Å². The Hall–Kier alpha value is -1.71. The number of carbonyl (C=O) groups is 2. The second-order valence-corrected chi connectivity index (χ2v) is 4.03. The number of benzene rings is 1. The van der Waals surface area contributed by atoms with Gasteiger partial charge in [-0.1, -0.05) is 25.5 Å². The summed E-state index contributed by atoms with van der Waals surface area (Å²) in [5.41, 5.74) is 0.159. The molecule has 0 spiro atoms. The lowest BCUT2D eigenvalue weighted by Gasteiger charge is -2.07. The normalized spacial score (nSPS) is 11.9. The van der Waals surface area contributed by atoms with E-state index in [1.54, 1.807) is 12.1 Å². The van der Waals surface area contributed by atoms with E-state index in [2.05, 4.69) is 0 Å². The Balaban J connectivity index is 2.76. The number of halogens is 1. The molecule has 1 rings (SSSR count). The molecule has 0 aromatic heterocycles. The van der Waals surface area contributed by atoms with E-state index in [1.165, 1.54) is 19.2 Å². The van der Waals surface area contributed by atoms with E-state index >= 15 is 0 Å². The molecule has 0 aliphatic carbocycles. The predicted molar refractivity (Wildman–Crippen MR) is 66.8 cm³/mol. The van der Waals surface area contributed by atoms with E-state index in [0.29, 0.717) is 12.2 Å². The molecule has 0 N–H and O–H groups in total. The summed E-state index contributed by atoms with van der Waals surface area (Å²) in [7, 11) is 1.46. The molecule has 98 valence electrons. The van der Waals surface area contributed by atoms with Crippen molar-refractivity contribution in [2.45, 2.75) is 32.4 Å². The molecule has 0 fully saturated rings.